The minimum atomic E-state index is -0.586. The average molecular weight is 617 g/mol. The summed E-state index contributed by atoms with van der Waals surface area (Å²) in [4.78, 5) is 24.3. The van der Waals surface area contributed by atoms with Crippen molar-refractivity contribution in [2.75, 3.05) is 19.0 Å². The van der Waals surface area contributed by atoms with Crippen LogP contribution in [-0.4, -0.2) is 25.6 Å². The highest BCUT2D eigenvalue weighted by atomic mass is 127. The maximum Gasteiger partial charge on any atom is 0.337 e. The summed E-state index contributed by atoms with van der Waals surface area (Å²) >= 11 is 8.18. The van der Waals surface area contributed by atoms with Crippen molar-refractivity contribution in [3.8, 4) is 17.6 Å². The van der Waals surface area contributed by atoms with Crippen LogP contribution in [0.3, 0.4) is 0 Å². The first-order valence-corrected chi connectivity index (χ1v) is 12.2. The molecule has 9 heteroatoms. The number of rotatable bonds is 9. The van der Waals surface area contributed by atoms with Gasteiger partial charge in [0.15, 0.2) is 11.5 Å². The number of ether oxygens (including phenoxy) is 3. The number of hydrogen-bond donors (Lipinski definition) is 1. The number of amides is 1. The van der Waals surface area contributed by atoms with E-state index in [4.69, 9.17) is 21.1 Å². The Morgan fingerprint density at radius 1 is 1.11 bits per heavy atom. The first-order chi connectivity index (χ1) is 17.3. The first kappa shape index (κ1) is 27.0. The zero-order valence-electron chi connectivity index (χ0n) is 19.5. The van der Waals surface area contributed by atoms with Gasteiger partial charge in [-0.15, -0.1) is 0 Å². The molecule has 0 fully saturated rings. The standard InChI is InChI=1S/C27H22ClIN2O5/c1-3-35-24-14-18(13-23(29)25(24)36-16-17-5-4-6-21(28)12-17)11-20(15-30)26(32)31-22-9-7-19(8-10-22)27(33)34-2/h4-14H,3,16H2,1-2H3,(H,31,32)/b20-11+. The Kier molecular flexibility index (Phi) is 9.73. The summed E-state index contributed by atoms with van der Waals surface area (Å²) in [7, 11) is 1.29. The molecule has 0 aliphatic heterocycles. The third-order valence-corrected chi connectivity index (χ3v) is 5.88. The summed E-state index contributed by atoms with van der Waals surface area (Å²) in [5.41, 5.74) is 2.20. The quantitative estimate of drug-likeness (QED) is 0.132. The van der Waals surface area contributed by atoms with E-state index in [0.29, 0.717) is 46.5 Å². The van der Waals surface area contributed by atoms with E-state index in [1.54, 1.807) is 30.3 Å². The lowest BCUT2D eigenvalue weighted by Gasteiger charge is -2.15. The van der Waals surface area contributed by atoms with Gasteiger partial charge in [0, 0.05) is 10.7 Å². The first-order valence-electron chi connectivity index (χ1n) is 10.8. The summed E-state index contributed by atoms with van der Waals surface area (Å²) < 4.78 is 17.2. The molecule has 7 nitrogen and oxygen atoms in total. The second-order valence-electron chi connectivity index (χ2n) is 7.37. The molecule has 0 atom stereocenters. The average Bonchev–Trinajstić information content (AvgIpc) is 2.87. The Labute approximate surface area is 227 Å². The van der Waals surface area contributed by atoms with Crippen molar-refractivity contribution in [1.82, 2.24) is 0 Å². The highest BCUT2D eigenvalue weighted by Gasteiger charge is 2.15. The van der Waals surface area contributed by atoms with Crippen molar-refractivity contribution in [3.05, 3.63) is 91.5 Å². The Balaban J connectivity index is 1.81. The lowest BCUT2D eigenvalue weighted by Crippen LogP contribution is -2.13. The zero-order chi connectivity index (χ0) is 26.1. The molecule has 1 amide bonds. The monoisotopic (exact) mass is 616 g/mol. The van der Waals surface area contributed by atoms with Crippen LogP contribution < -0.4 is 14.8 Å². The van der Waals surface area contributed by atoms with Gasteiger partial charge in [-0.1, -0.05) is 23.7 Å². The number of hydrogen-bond acceptors (Lipinski definition) is 6. The van der Waals surface area contributed by atoms with Crippen LogP contribution in [0.25, 0.3) is 6.08 Å². The number of anilines is 1. The van der Waals surface area contributed by atoms with Gasteiger partial charge in [0.05, 0.1) is 22.9 Å². The minimum absolute atomic E-state index is 0.0992. The second-order valence-corrected chi connectivity index (χ2v) is 8.97. The zero-order valence-corrected chi connectivity index (χ0v) is 22.4. The topological polar surface area (TPSA) is 97.7 Å². The van der Waals surface area contributed by atoms with Crippen molar-refractivity contribution in [2.24, 2.45) is 0 Å². The minimum Gasteiger partial charge on any atom is -0.490 e. The van der Waals surface area contributed by atoms with E-state index < -0.39 is 11.9 Å². The molecule has 3 aromatic carbocycles. The van der Waals surface area contributed by atoms with Crippen molar-refractivity contribution in [2.45, 2.75) is 13.5 Å². The van der Waals surface area contributed by atoms with E-state index >= 15 is 0 Å². The number of nitrogens with zero attached hydrogens (tertiary/aromatic N) is 1. The van der Waals surface area contributed by atoms with Crippen LogP contribution in [0.15, 0.2) is 66.2 Å². The molecule has 0 spiro atoms. The fourth-order valence-electron chi connectivity index (χ4n) is 3.18. The summed E-state index contributed by atoms with van der Waals surface area (Å²) in [6.07, 6.45) is 1.48. The van der Waals surface area contributed by atoms with E-state index in [2.05, 4.69) is 32.6 Å². The number of nitriles is 1. The molecule has 36 heavy (non-hydrogen) atoms. The van der Waals surface area contributed by atoms with Crippen molar-refractivity contribution in [1.29, 1.82) is 5.26 Å². The summed E-state index contributed by atoms with van der Waals surface area (Å²) in [5.74, 6) is -0.0141. The number of halogens is 2. The SMILES string of the molecule is CCOc1cc(/C=C(\C#N)C(=O)Nc2ccc(C(=O)OC)cc2)cc(I)c1OCc1cccc(Cl)c1. The van der Waals surface area contributed by atoms with Crippen LogP contribution in [0.2, 0.25) is 5.02 Å². The number of carbonyl (C=O) groups excluding carboxylic acids is 2. The van der Waals surface area contributed by atoms with Gasteiger partial charge < -0.3 is 19.5 Å². The molecule has 0 saturated heterocycles. The number of methoxy groups -OCH3 is 1. The molecule has 0 aliphatic rings. The van der Waals surface area contributed by atoms with Gasteiger partial charge in [0.1, 0.15) is 18.2 Å². The van der Waals surface area contributed by atoms with Crippen LogP contribution in [0.5, 0.6) is 11.5 Å². The summed E-state index contributed by atoms with van der Waals surface area (Å²) in [6, 6.07) is 19.0. The molecule has 0 heterocycles. The van der Waals surface area contributed by atoms with Gasteiger partial charge >= 0.3 is 5.97 Å². The van der Waals surface area contributed by atoms with Gasteiger partial charge in [-0.25, -0.2) is 4.79 Å². The number of carbonyl (C=O) groups is 2. The molecule has 0 aromatic heterocycles. The third-order valence-electron chi connectivity index (χ3n) is 4.84. The second kappa shape index (κ2) is 13.0. The molecular weight excluding hydrogens is 595 g/mol. The van der Waals surface area contributed by atoms with Crippen molar-refractivity contribution < 1.29 is 23.8 Å². The molecule has 1 N–H and O–H groups in total. The number of esters is 1. The van der Waals surface area contributed by atoms with Crippen LogP contribution in [-0.2, 0) is 16.1 Å². The van der Waals surface area contributed by atoms with E-state index in [9.17, 15) is 14.9 Å². The van der Waals surface area contributed by atoms with Gasteiger partial charge in [0.25, 0.3) is 5.91 Å². The van der Waals surface area contributed by atoms with Gasteiger partial charge in [0.2, 0.25) is 0 Å². The van der Waals surface area contributed by atoms with Gasteiger partial charge in [-0.2, -0.15) is 5.26 Å². The van der Waals surface area contributed by atoms with Crippen LogP contribution in [0.1, 0.15) is 28.4 Å². The van der Waals surface area contributed by atoms with Crippen LogP contribution in [0.4, 0.5) is 5.69 Å². The Hall–Kier alpha value is -3.55. The van der Waals surface area contributed by atoms with Crippen molar-refractivity contribution in [3.63, 3.8) is 0 Å². The predicted octanol–water partition coefficient (Wildman–Crippen LogP) is 6.25. The lowest BCUT2D eigenvalue weighted by atomic mass is 10.1. The normalized spacial score (nSPS) is 10.8. The summed E-state index contributed by atoms with van der Waals surface area (Å²) in [5, 5.41) is 12.9. The largest absolute Gasteiger partial charge is 0.490 e. The van der Waals surface area contributed by atoms with Gasteiger partial charge in [-0.05, 0) is 95.2 Å². The molecule has 3 rings (SSSR count). The van der Waals surface area contributed by atoms with Crippen molar-refractivity contribution >= 4 is 57.8 Å². The molecular formula is C27H22ClIN2O5. The van der Waals surface area contributed by atoms with Gasteiger partial charge in [-0.3, -0.25) is 4.79 Å². The fraction of sp³-hybridized carbons (Fsp3) is 0.148. The molecule has 0 saturated carbocycles. The highest BCUT2D eigenvalue weighted by Crippen LogP contribution is 2.35. The number of benzene rings is 3. The summed E-state index contributed by atoms with van der Waals surface area (Å²) in [6.45, 7) is 2.56. The van der Waals surface area contributed by atoms with E-state index in [1.807, 2.05) is 31.2 Å². The number of nitrogens with one attached hydrogen (secondary N) is 1. The lowest BCUT2D eigenvalue weighted by molar-refractivity contribution is -0.112. The Bertz CT molecular complexity index is 1330. The Morgan fingerprint density at radius 2 is 1.86 bits per heavy atom. The highest BCUT2D eigenvalue weighted by molar-refractivity contribution is 14.1. The third kappa shape index (κ3) is 7.23. The molecule has 0 radical (unpaired) electrons. The maximum absolute atomic E-state index is 12.7. The van der Waals surface area contributed by atoms with E-state index in [0.717, 1.165) is 9.13 Å². The smallest absolute Gasteiger partial charge is 0.337 e. The molecule has 0 unspecified atom stereocenters. The maximum atomic E-state index is 12.7. The fourth-order valence-corrected chi connectivity index (χ4v) is 4.17. The Morgan fingerprint density at radius 3 is 2.50 bits per heavy atom. The van der Waals surface area contributed by atoms with E-state index in [-0.39, 0.29) is 5.57 Å². The van der Waals surface area contributed by atoms with Crippen LogP contribution >= 0.6 is 34.2 Å². The van der Waals surface area contributed by atoms with E-state index in [1.165, 1.54) is 25.3 Å². The van der Waals surface area contributed by atoms with Crippen LogP contribution in [0, 0.1) is 14.9 Å². The molecule has 3 aromatic rings. The predicted molar refractivity (Wildman–Crippen MR) is 146 cm³/mol. The molecule has 0 bridgehead atoms. The molecule has 184 valence electrons. The molecule has 0 aliphatic carbocycles.